The number of carbonyl (C=O) groups is 3. The number of amides is 2. The molecule has 0 fully saturated rings. The molecule has 3 aromatic carbocycles. The summed E-state index contributed by atoms with van der Waals surface area (Å²) in [6.07, 6.45) is -0.749. The van der Waals surface area contributed by atoms with E-state index >= 15 is 0 Å². The van der Waals surface area contributed by atoms with Crippen LogP contribution in [-0.2, 0) is 9.53 Å². The lowest BCUT2D eigenvalue weighted by Crippen LogP contribution is -2.35. The van der Waals surface area contributed by atoms with Crippen molar-refractivity contribution in [1.82, 2.24) is 4.90 Å². The number of hydrogen-bond donors (Lipinski definition) is 2. The number of nitrogens with zero attached hydrogens (tertiary/aromatic N) is 1. The predicted octanol–water partition coefficient (Wildman–Crippen LogP) is 4.73. The highest BCUT2D eigenvalue weighted by Gasteiger charge is 2.29. The van der Waals surface area contributed by atoms with Gasteiger partial charge in [0.05, 0.1) is 5.56 Å². The van der Waals surface area contributed by atoms with Crippen molar-refractivity contribution in [1.29, 1.82) is 0 Å². The summed E-state index contributed by atoms with van der Waals surface area (Å²) in [5.74, 6) is -2.91. The van der Waals surface area contributed by atoms with Gasteiger partial charge in [0, 0.05) is 18.2 Å². The van der Waals surface area contributed by atoms with Gasteiger partial charge >= 0.3 is 12.1 Å². The first-order chi connectivity index (χ1) is 16.4. The van der Waals surface area contributed by atoms with Crippen LogP contribution in [0, 0.1) is 5.82 Å². The molecule has 2 amide bonds. The highest BCUT2D eigenvalue weighted by atomic mass is 19.1. The van der Waals surface area contributed by atoms with Crippen molar-refractivity contribution in [3.8, 4) is 11.1 Å². The molecule has 7 nitrogen and oxygen atoms in total. The molecule has 4 rings (SSSR count). The Hall–Kier alpha value is -4.20. The Morgan fingerprint density at radius 1 is 1.00 bits per heavy atom. The number of carbonyl (C=O) groups excluding carboxylic acids is 2. The molecule has 8 heteroatoms. The van der Waals surface area contributed by atoms with Crippen LogP contribution >= 0.6 is 0 Å². The van der Waals surface area contributed by atoms with Crippen LogP contribution in [0.5, 0.6) is 0 Å². The van der Waals surface area contributed by atoms with Crippen LogP contribution in [0.2, 0.25) is 0 Å². The van der Waals surface area contributed by atoms with E-state index in [1.165, 1.54) is 12.1 Å². The number of anilines is 1. The van der Waals surface area contributed by atoms with Gasteiger partial charge in [-0.1, -0.05) is 48.5 Å². The summed E-state index contributed by atoms with van der Waals surface area (Å²) in [5.41, 5.74) is 4.21. The molecular weight excluding hydrogens is 439 g/mol. The molecule has 1 aliphatic rings. The highest BCUT2D eigenvalue weighted by Crippen LogP contribution is 2.44. The second-order valence-electron chi connectivity index (χ2n) is 7.86. The summed E-state index contributed by atoms with van der Waals surface area (Å²) in [6.45, 7) is 1.30. The van der Waals surface area contributed by atoms with Crippen molar-refractivity contribution in [3.05, 3.63) is 89.2 Å². The van der Waals surface area contributed by atoms with Crippen LogP contribution in [0.3, 0.4) is 0 Å². The van der Waals surface area contributed by atoms with Crippen molar-refractivity contribution in [2.24, 2.45) is 0 Å². The van der Waals surface area contributed by atoms with E-state index in [0.29, 0.717) is 0 Å². The number of fused-ring (bicyclic) bond motifs is 3. The average Bonchev–Trinajstić information content (AvgIpc) is 3.14. The van der Waals surface area contributed by atoms with Crippen LogP contribution in [0.25, 0.3) is 11.1 Å². The van der Waals surface area contributed by atoms with E-state index in [4.69, 9.17) is 9.84 Å². The first kappa shape index (κ1) is 23.0. The predicted molar refractivity (Wildman–Crippen MR) is 124 cm³/mol. The molecule has 0 aromatic heterocycles. The minimum Gasteiger partial charge on any atom is -0.480 e. The molecule has 0 radical (unpaired) electrons. The molecular formula is C26H23FN2O5. The quantitative estimate of drug-likeness (QED) is 0.529. The van der Waals surface area contributed by atoms with Crippen LogP contribution in [0.4, 0.5) is 14.9 Å². The topological polar surface area (TPSA) is 95.9 Å². The number of nitrogens with one attached hydrogen (secondary N) is 1. The third kappa shape index (κ3) is 4.61. The van der Waals surface area contributed by atoms with E-state index in [1.54, 1.807) is 6.92 Å². The van der Waals surface area contributed by atoms with Crippen molar-refractivity contribution in [3.63, 3.8) is 0 Å². The van der Waals surface area contributed by atoms with Crippen molar-refractivity contribution in [2.45, 2.75) is 12.8 Å². The maximum absolute atomic E-state index is 14.6. The molecule has 0 aliphatic heterocycles. The lowest BCUT2D eigenvalue weighted by molar-refractivity contribution is -0.137. The minimum atomic E-state index is -1.19. The molecule has 0 unspecified atom stereocenters. The number of halogens is 1. The zero-order valence-corrected chi connectivity index (χ0v) is 18.5. The van der Waals surface area contributed by atoms with E-state index in [2.05, 4.69) is 5.32 Å². The average molecular weight is 462 g/mol. The minimum absolute atomic E-state index is 0.107. The first-order valence-corrected chi connectivity index (χ1v) is 10.8. The molecule has 0 saturated heterocycles. The zero-order chi connectivity index (χ0) is 24.2. The molecule has 0 spiro atoms. The monoisotopic (exact) mass is 462 g/mol. The number of rotatable bonds is 7. The van der Waals surface area contributed by atoms with Crippen molar-refractivity contribution < 1.29 is 28.6 Å². The summed E-state index contributed by atoms with van der Waals surface area (Å²) in [7, 11) is 0. The Morgan fingerprint density at radius 2 is 1.62 bits per heavy atom. The number of aliphatic carboxylic acids is 1. The van der Waals surface area contributed by atoms with E-state index in [0.717, 1.165) is 33.2 Å². The second kappa shape index (κ2) is 9.74. The standard InChI is InChI=1S/C26H23FN2O5/c1-2-29(14-24(30)31)25(32)21-12-11-16(13-23(21)27)28-26(33)34-15-22-19-9-5-3-7-17(19)18-8-4-6-10-20(18)22/h3-13,22H,2,14-15H2,1H3,(H,28,33)(H,30,31). The molecule has 0 bridgehead atoms. The number of carboxylic acid groups (broad SMARTS) is 1. The fraction of sp³-hybridized carbons (Fsp3) is 0.192. The van der Waals surface area contributed by atoms with E-state index in [-0.39, 0.29) is 30.3 Å². The Balaban J connectivity index is 1.42. The molecule has 2 N–H and O–H groups in total. The van der Waals surface area contributed by atoms with E-state index < -0.39 is 30.3 Å². The fourth-order valence-electron chi connectivity index (χ4n) is 4.18. The fourth-order valence-corrected chi connectivity index (χ4v) is 4.18. The molecule has 0 atom stereocenters. The van der Waals surface area contributed by atoms with Gasteiger partial charge in [-0.05, 0) is 47.4 Å². The van der Waals surface area contributed by atoms with Crippen LogP contribution in [0.1, 0.15) is 34.3 Å². The molecule has 0 heterocycles. The smallest absolute Gasteiger partial charge is 0.411 e. The number of hydrogen-bond acceptors (Lipinski definition) is 4. The van der Waals surface area contributed by atoms with Gasteiger partial charge in [0.1, 0.15) is 19.0 Å². The van der Waals surface area contributed by atoms with Crippen molar-refractivity contribution in [2.75, 3.05) is 25.0 Å². The normalized spacial score (nSPS) is 11.9. The Morgan fingerprint density at radius 3 is 2.18 bits per heavy atom. The maximum Gasteiger partial charge on any atom is 0.411 e. The third-order valence-electron chi connectivity index (χ3n) is 5.78. The van der Waals surface area contributed by atoms with Crippen LogP contribution in [0.15, 0.2) is 66.7 Å². The largest absolute Gasteiger partial charge is 0.480 e. The summed E-state index contributed by atoms with van der Waals surface area (Å²) < 4.78 is 20.0. The number of benzene rings is 3. The van der Waals surface area contributed by atoms with Crippen LogP contribution in [-0.4, -0.2) is 47.7 Å². The van der Waals surface area contributed by atoms with Gasteiger partial charge < -0.3 is 14.7 Å². The van der Waals surface area contributed by atoms with E-state index in [9.17, 15) is 18.8 Å². The Kier molecular flexibility index (Phi) is 6.58. The van der Waals surface area contributed by atoms with Gasteiger partial charge in [0.15, 0.2) is 0 Å². The SMILES string of the molecule is CCN(CC(=O)O)C(=O)c1ccc(NC(=O)OCC2c3ccccc3-c3ccccc32)cc1F. The first-order valence-electron chi connectivity index (χ1n) is 10.8. The Labute approximate surface area is 195 Å². The molecule has 174 valence electrons. The lowest BCUT2D eigenvalue weighted by Gasteiger charge is -2.19. The number of likely N-dealkylation sites (N-methyl/N-ethyl adjacent to an activating group) is 1. The molecule has 0 saturated carbocycles. The zero-order valence-electron chi connectivity index (χ0n) is 18.5. The summed E-state index contributed by atoms with van der Waals surface area (Å²) in [6, 6.07) is 19.5. The maximum atomic E-state index is 14.6. The third-order valence-corrected chi connectivity index (χ3v) is 5.78. The van der Waals surface area contributed by atoms with E-state index in [1.807, 2.05) is 48.5 Å². The molecule has 34 heavy (non-hydrogen) atoms. The summed E-state index contributed by atoms with van der Waals surface area (Å²) in [5, 5.41) is 11.4. The molecule has 3 aromatic rings. The van der Waals surface area contributed by atoms with Gasteiger partial charge in [-0.15, -0.1) is 0 Å². The number of ether oxygens (including phenoxy) is 1. The molecule has 1 aliphatic carbocycles. The van der Waals surface area contributed by atoms with Gasteiger partial charge in [-0.25, -0.2) is 9.18 Å². The summed E-state index contributed by atoms with van der Waals surface area (Å²) >= 11 is 0. The van der Waals surface area contributed by atoms with Gasteiger partial charge in [0.25, 0.3) is 5.91 Å². The van der Waals surface area contributed by atoms with Crippen LogP contribution < -0.4 is 5.32 Å². The highest BCUT2D eigenvalue weighted by molar-refractivity contribution is 5.97. The Bertz CT molecular complexity index is 1210. The van der Waals surface area contributed by atoms with Crippen molar-refractivity contribution >= 4 is 23.7 Å². The van der Waals surface area contributed by atoms with Gasteiger partial charge in [-0.3, -0.25) is 14.9 Å². The lowest BCUT2D eigenvalue weighted by atomic mass is 9.98. The summed E-state index contributed by atoms with van der Waals surface area (Å²) in [4.78, 5) is 36.8. The second-order valence-corrected chi connectivity index (χ2v) is 7.86. The number of carboxylic acids is 1. The van der Waals surface area contributed by atoms with Gasteiger partial charge in [-0.2, -0.15) is 0 Å². The van der Waals surface area contributed by atoms with Gasteiger partial charge in [0.2, 0.25) is 0 Å².